The van der Waals surface area contributed by atoms with Crippen molar-refractivity contribution in [2.24, 2.45) is 5.92 Å². The van der Waals surface area contributed by atoms with Crippen molar-refractivity contribution >= 4 is 27.1 Å². The van der Waals surface area contributed by atoms with Gasteiger partial charge < -0.3 is 0 Å². The van der Waals surface area contributed by atoms with E-state index in [1.54, 1.807) is 16.7 Å². The van der Waals surface area contributed by atoms with Crippen molar-refractivity contribution in [2.75, 3.05) is 0 Å². The Balaban J connectivity index is 0.00000113. The smallest absolute Gasteiger partial charge is 0.00201 e. The molecule has 8 rings (SSSR count). The van der Waals surface area contributed by atoms with Crippen LogP contribution in [0.3, 0.4) is 0 Å². The molecule has 3 aliphatic rings. The highest BCUT2D eigenvalue weighted by atomic mass is 14.5. The lowest BCUT2D eigenvalue weighted by atomic mass is 9.76. The average Bonchev–Trinajstić information content (AvgIpc) is 3.79. The van der Waals surface area contributed by atoms with Crippen LogP contribution in [0.1, 0.15) is 50.2 Å². The molecule has 180 valence electrons. The summed E-state index contributed by atoms with van der Waals surface area (Å²) in [5, 5.41) is 5.38. The minimum atomic E-state index is 0.701. The van der Waals surface area contributed by atoms with E-state index in [-0.39, 0.29) is 0 Å². The second-order valence-electron chi connectivity index (χ2n) is 10.3. The van der Waals surface area contributed by atoms with E-state index in [1.165, 1.54) is 55.8 Å². The number of benzene rings is 5. The molecule has 5 aromatic carbocycles. The van der Waals surface area contributed by atoms with Crippen LogP contribution < -0.4 is 0 Å². The van der Waals surface area contributed by atoms with Crippen molar-refractivity contribution in [1.82, 2.24) is 0 Å². The Labute approximate surface area is 220 Å². The van der Waals surface area contributed by atoms with Gasteiger partial charge in [0, 0.05) is 0 Å². The number of hydrogen-bond acceptors (Lipinski definition) is 0. The normalized spacial score (nSPS) is 19.1. The van der Waals surface area contributed by atoms with E-state index in [0.29, 0.717) is 5.92 Å². The van der Waals surface area contributed by atoms with Crippen LogP contribution >= 0.6 is 0 Å². The number of rotatable bonds is 2. The molecule has 1 fully saturated rings. The maximum Gasteiger partial charge on any atom is -0.00201 e. The van der Waals surface area contributed by atoms with Gasteiger partial charge in [-0.2, -0.15) is 0 Å². The minimum Gasteiger partial charge on any atom is -0.0839 e. The van der Waals surface area contributed by atoms with Gasteiger partial charge in [0.1, 0.15) is 0 Å². The molecule has 2 atom stereocenters. The maximum absolute atomic E-state index is 2.44. The maximum atomic E-state index is 2.44. The second-order valence-corrected chi connectivity index (χ2v) is 10.3. The zero-order chi connectivity index (χ0) is 24.9. The Hall–Kier alpha value is -3.90. The lowest BCUT2D eigenvalue weighted by molar-refractivity contribution is 0.898. The van der Waals surface area contributed by atoms with Gasteiger partial charge in [0.05, 0.1) is 0 Å². The van der Waals surface area contributed by atoms with Gasteiger partial charge in [0.25, 0.3) is 0 Å². The van der Waals surface area contributed by atoms with E-state index in [9.17, 15) is 0 Å². The first-order valence-electron chi connectivity index (χ1n) is 13.9. The third-order valence-corrected chi connectivity index (χ3v) is 8.46. The molecule has 0 heteroatoms. The van der Waals surface area contributed by atoms with Gasteiger partial charge in [0.2, 0.25) is 0 Å². The van der Waals surface area contributed by atoms with Crippen molar-refractivity contribution in [3.63, 3.8) is 0 Å². The zero-order valence-corrected chi connectivity index (χ0v) is 21.7. The van der Waals surface area contributed by atoms with Crippen LogP contribution in [0.4, 0.5) is 0 Å². The van der Waals surface area contributed by atoms with Crippen LogP contribution in [0.2, 0.25) is 0 Å². The van der Waals surface area contributed by atoms with Crippen molar-refractivity contribution < 1.29 is 0 Å². The van der Waals surface area contributed by atoms with Crippen LogP contribution in [0.5, 0.6) is 0 Å². The molecule has 0 aliphatic heterocycles. The predicted octanol–water partition coefficient (Wildman–Crippen LogP) is 10.6. The van der Waals surface area contributed by atoms with E-state index in [0.717, 1.165) is 18.8 Å². The SMILES string of the molecule is C1=CC2=C(CC1)c1c(-c3c4ccccc4c(-c4ccccc4)c4ccccc34)cccc1C1CC21.CC. The van der Waals surface area contributed by atoms with Crippen molar-refractivity contribution in [3.8, 4) is 22.3 Å². The van der Waals surface area contributed by atoms with E-state index >= 15 is 0 Å². The van der Waals surface area contributed by atoms with Crippen LogP contribution in [-0.4, -0.2) is 0 Å². The van der Waals surface area contributed by atoms with E-state index in [1.807, 2.05) is 13.8 Å². The largest absolute Gasteiger partial charge is 0.0839 e. The summed E-state index contributed by atoms with van der Waals surface area (Å²) in [4.78, 5) is 0. The van der Waals surface area contributed by atoms with Crippen LogP contribution in [0, 0.1) is 5.92 Å². The highest BCUT2D eigenvalue weighted by Gasteiger charge is 2.46. The van der Waals surface area contributed by atoms with Crippen LogP contribution in [0.15, 0.2) is 115 Å². The molecule has 5 aromatic rings. The fourth-order valence-corrected chi connectivity index (χ4v) is 6.94. The Morgan fingerprint density at radius 1 is 0.568 bits per heavy atom. The molecule has 3 aliphatic carbocycles. The van der Waals surface area contributed by atoms with Crippen molar-refractivity contribution in [3.05, 3.63) is 126 Å². The minimum absolute atomic E-state index is 0.701. The quantitative estimate of drug-likeness (QED) is 0.222. The Morgan fingerprint density at radius 2 is 1.19 bits per heavy atom. The van der Waals surface area contributed by atoms with E-state index in [2.05, 4.69) is 109 Å². The molecule has 0 saturated heterocycles. The molecule has 0 aromatic heterocycles. The van der Waals surface area contributed by atoms with Gasteiger partial charge in [-0.3, -0.25) is 0 Å². The van der Waals surface area contributed by atoms with Gasteiger partial charge in [-0.1, -0.05) is 123 Å². The highest BCUT2D eigenvalue weighted by molar-refractivity contribution is 6.22. The molecule has 0 amide bonds. The van der Waals surface area contributed by atoms with Gasteiger partial charge in [-0.25, -0.2) is 0 Å². The summed E-state index contributed by atoms with van der Waals surface area (Å²) in [5.41, 5.74) is 11.8. The molecular formula is C37H32. The van der Waals surface area contributed by atoms with Gasteiger partial charge in [-0.15, -0.1) is 0 Å². The average molecular weight is 477 g/mol. The molecule has 0 heterocycles. The summed E-state index contributed by atoms with van der Waals surface area (Å²) in [6.07, 6.45) is 8.46. The molecule has 0 spiro atoms. The molecule has 37 heavy (non-hydrogen) atoms. The summed E-state index contributed by atoms with van der Waals surface area (Å²) in [6, 6.07) is 36.1. The summed E-state index contributed by atoms with van der Waals surface area (Å²) < 4.78 is 0. The first kappa shape index (κ1) is 22.3. The topological polar surface area (TPSA) is 0 Å². The first-order chi connectivity index (χ1) is 18.4. The van der Waals surface area contributed by atoms with E-state index in [4.69, 9.17) is 0 Å². The lowest BCUT2D eigenvalue weighted by Gasteiger charge is -2.28. The number of allylic oxidation sites excluding steroid dienone is 4. The van der Waals surface area contributed by atoms with Gasteiger partial charge in [-0.05, 0) is 97.2 Å². The van der Waals surface area contributed by atoms with E-state index < -0.39 is 0 Å². The monoisotopic (exact) mass is 476 g/mol. The summed E-state index contributed by atoms with van der Waals surface area (Å²) in [7, 11) is 0. The Morgan fingerprint density at radius 3 is 1.86 bits per heavy atom. The second kappa shape index (κ2) is 8.89. The third kappa shape index (κ3) is 3.36. The highest BCUT2D eigenvalue weighted by Crippen LogP contribution is 2.62. The van der Waals surface area contributed by atoms with Gasteiger partial charge >= 0.3 is 0 Å². The standard InChI is InChI=1S/C35H26.C2H6/c1-2-11-22(12-3-1)33-25-15-6-8-17-27(25)35(28-18-9-7-16-26(28)33)30-20-10-19-29-32-21-31(32)23-13-4-5-14-24(23)34(29)30;1-2/h1-4,6-13,15-20,31-32H,5,14,21H2;1-2H3. The third-order valence-electron chi connectivity index (χ3n) is 8.46. The van der Waals surface area contributed by atoms with Crippen molar-refractivity contribution in [1.29, 1.82) is 0 Å². The van der Waals surface area contributed by atoms with Gasteiger partial charge in [0.15, 0.2) is 0 Å². The number of hydrogen-bond donors (Lipinski definition) is 0. The van der Waals surface area contributed by atoms with Crippen LogP contribution in [-0.2, 0) is 0 Å². The fraction of sp³-hybridized carbons (Fsp3) is 0.189. The van der Waals surface area contributed by atoms with Crippen LogP contribution in [0.25, 0.3) is 49.4 Å². The molecule has 2 unspecified atom stereocenters. The Bertz CT molecular complexity index is 1660. The molecule has 0 bridgehead atoms. The number of fused-ring (bicyclic) bond motifs is 7. The Kier molecular flexibility index (Phi) is 5.36. The first-order valence-corrected chi connectivity index (χ1v) is 13.9. The fourth-order valence-electron chi connectivity index (χ4n) is 6.94. The molecule has 1 saturated carbocycles. The molecule has 0 radical (unpaired) electrons. The van der Waals surface area contributed by atoms with Crippen molar-refractivity contribution in [2.45, 2.75) is 39.0 Å². The molecule has 0 nitrogen and oxygen atoms in total. The predicted molar refractivity (Wildman–Crippen MR) is 160 cm³/mol. The molecular weight excluding hydrogens is 444 g/mol. The lowest BCUT2D eigenvalue weighted by Crippen LogP contribution is -2.08. The summed E-state index contributed by atoms with van der Waals surface area (Å²) in [5.74, 6) is 1.45. The summed E-state index contributed by atoms with van der Waals surface area (Å²) in [6.45, 7) is 4.00. The molecule has 0 N–H and O–H groups in total. The summed E-state index contributed by atoms with van der Waals surface area (Å²) >= 11 is 0. The zero-order valence-electron chi connectivity index (χ0n) is 21.7.